The summed E-state index contributed by atoms with van der Waals surface area (Å²) in [5.74, 6) is 0. The average molecular weight is 254 g/mol. The molecule has 2 aromatic rings. The fourth-order valence-corrected chi connectivity index (χ4v) is 1.79. The Morgan fingerprint density at radius 3 is 2.47 bits per heavy atom. The number of nitrogens with one attached hydrogen (secondary N) is 1. The van der Waals surface area contributed by atoms with E-state index in [0.717, 1.165) is 11.3 Å². The summed E-state index contributed by atoms with van der Waals surface area (Å²) < 4.78 is 1.86. The van der Waals surface area contributed by atoms with Gasteiger partial charge in [-0.2, -0.15) is 10.4 Å². The molecule has 0 saturated heterocycles. The van der Waals surface area contributed by atoms with E-state index in [9.17, 15) is 5.26 Å². The highest BCUT2D eigenvalue weighted by molar-refractivity contribution is 5.48. The summed E-state index contributed by atoms with van der Waals surface area (Å²) in [4.78, 5) is 0. The summed E-state index contributed by atoms with van der Waals surface area (Å²) in [5.41, 5.74) is 3.03. The van der Waals surface area contributed by atoms with Crippen molar-refractivity contribution in [1.29, 1.82) is 5.26 Å². The first-order valence-corrected chi connectivity index (χ1v) is 6.37. The molecule has 0 saturated carbocycles. The van der Waals surface area contributed by atoms with E-state index < -0.39 is 0 Å². The number of hydrogen-bond acceptors (Lipinski definition) is 3. The van der Waals surface area contributed by atoms with Crippen LogP contribution in [0.1, 0.15) is 37.1 Å². The summed E-state index contributed by atoms with van der Waals surface area (Å²) in [5, 5.41) is 16.8. The molecule has 0 bridgehead atoms. The molecule has 1 aromatic carbocycles. The van der Waals surface area contributed by atoms with Crippen LogP contribution < -0.4 is 5.32 Å². The number of nitriles is 1. The Balaban J connectivity index is 2.16. The molecule has 1 unspecified atom stereocenters. The van der Waals surface area contributed by atoms with Crippen LogP contribution in [-0.4, -0.2) is 9.78 Å². The number of rotatable bonds is 4. The van der Waals surface area contributed by atoms with Gasteiger partial charge in [0.1, 0.15) is 6.04 Å². The van der Waals surface area contributed by atoms with Crippen LogP contribution in [0.15, 0.2) is 36.7 Å². The molecule has 0 aliphatic carbocycles. The molecular formula is C15H18N4. The van der Waals surface area contributed by atoms with Gasteiger partial charge in [0.05, 0.1) is 12.3 Å². The van der Waals surface area contributed by atoms with Crippen LogP contribution in [0, 0.1) is 18.3 Å². The van der Waals surface area contributed by atoms with E-state index in [2.05, 4.69) is 30.3 Å². The molecule has 1 N–H and O–H groups in total. The van der Waals surface area contributed by atoms with Crippen molar-refractivity contribution in [2.24, 2.45) is 0 Å². The van der Waals surface area contributed by atoms with E-state index in [1.165, 1.54) is 5.56 Å². The number of aryl methyl sites for hydroxylation is 1. The molecule has 2 rings (SSSR count). The van der Waals surface area contributed by atoms with Crippen LogP contribution in [0.4, 0.5) is 5.69 Å². The van der Waals surface area contributed by atoms with Crippen molar-refractivity contribution in [3.05, 3.63) is 47.8 Å². The molecule has 0 amide bonds. The molecule has 0 radical (unpaired) electrons. The van der Waals surface area contributed by atoms with Crippen molar-refractivity contribution >= 4 is 5.69 Å². The van der Waals surface area contributed by atoms with Gasteiger partial charge in [-0.05, 0) is 32.9 Å². The molecule has 4 heteroatoms. The maximum Gasteiger partial charge on any atom is 0.143 e. The zero-order valence-electron chi connectivity index (χ0n) is 11.5. The highest BCUT2D eigenvalue weighted by atomic mass is 15.3. The molecule has 19 heavy (non-hydrogen) atoms. The van der Waals surface area contributed by atoms with Crippen LogP contribution in [0.5, 0.6) is 0 Å². The van der Waals surface area contributed by atoms with Crippen LogP contribution in [0.2, 0.25) is 0 Å². The van der Waals surface area contributed by atoms with Gasteiger partial charge in [0.15, 0.2) is 0 Å². The predicted molar refractivity (Wildman–Crippen MR) is 75.8 cm³/mol. The minimum Gasteiger partial charge on any atom is -0.366 e. The molecule has 0 fully saturated rings. The van der Waals surface area contributed by atoms with Crippen LogP contribution in [0.25, 0.3) is 0 Å². The zero-order valence-corrected chi connectivity index (χ0v) is 11.5. The molecule has 0 aliphatic heterocycles. The standard InChI is InChI=1S/C15H18N4/c1-11(2)19-10-13(9-17-19)15(8-16)18-14-6-4-12(3)5-7-14/h4-7,9-11,15,18H,1-3H3. The fraction of sp³-hybridized carbons (Fsp3) is 0.333. The van der Waals surface area contributed by atoms with Gasteiger partial charge in [0.25, 0.3) is 0 Å². The van der Waals surface area contributed by atoms with Crippen molar-refractivity contribution in [2.45, 2.75) is 32.9 Å². The van der Waals surface area contributed by atoms with E-state index in [1.807, 2.05) is 42.1 Å². The van der Waals surface area contributed by atoms with E-state index in [-0.39, 0.29) is 6.04 Å². The van der Waals surface area contributed by atoms with Gasteiger partial charge in [-0.3, -0.25) is 4.68 Å². The first-order chi connectivity index (χ1) is 9.10. The molecule has 4 nitrogen and oxygen atoms in total. The Morgan fingerprint density at radius 2 is 1.95 bits per heavy atom. The third-order valence-corrected chi connectivity index (χ3v) is 2.98. The number of benzene rings is 1. The van der Waals surface area contributed by atoms with Crippen LogP contribution in [-0.2, 0) is 0 Å². The summed E-state index contributed by atoms with van der Waals surface area (Å²) in [6.07, 6.45) is 3.66. The molecule has 1 heterocycles. The van der Waals surface area contributed by atoms with E-state index in [4.69, 9.17) is 0 Å². The lowest BCUT2D eigenvalue weighted by Crippen LogP contribution is -2.08. The Hall–Kier alpha value is -2.28. The maximum absolute atomic E-state index is 9.29. The van der Waals surface area contributed by atoms with Crippen molar-refractivity contribution in [3.63, 3.8) is 0 Å². The lowest BCUT2D eigenvalue weighted by molar-refractivity contribution is 0.532. The Labute approximate surface area is 113 Å². The zero-order chi connectivity index (χ0) is 13.8. The predicted octanol–water partition coefficient (Wildman–Crippen LogP) is 3.45. The lowest BCUT2D eigenvalue weighted by Gasteiger charge is -2.11. The minimum atomic E-state index is -0.379. The van der Waals surface area contributed by atoms with Crippen molar-refractivity contribution in [2.75, 3.05) is 5.32 Å². The highest BCUT2D eigenvalue weighted by Crippen LogP contribution is 2.20. The van der Waals surface area contributed by atoms with Crippen LogP contribution >= 0.6 is 0 Å². The Kier molecular flexibility index (Phi) is 3.86. The minimum absolute atomic E-state index is 0.299. The second-order valence-electron chi connectivity index (χ2n) is 4.92. The largest absolute Gasteiger partial charge is 0.366 e. The quantitative estimate of drug-likeness (QED) is 0.909. The van der Waals surface area contributed by atoms with E-state index in [0.29, 0.717) is 6.04 Å². The van der Waals surface area contributed by atoms with E-state index >= 15 is 0 Å². The van der Waals surface area contributed by atoms with Gasteiger partial charge in [-0.25, -0.2) is 0 Å². The second kappa shape index (κ2) is 5.57. The van der Waals surface area contributed by atoms with Gasteiger partial charge in [0, 0.05) is 23.5 Å². The first kappa shape index (κ1) is 13.2. The fourth-order valence-electron chi connectivity index (χ4n) is 1.79. The summed E-state index contributed by atoms with van der Waals surface area (Å²) in [6.45, 7) is 6.16. The third kappa shape index (κ3) is 3.14. The van der Waals surface area contributed by atoms with Crippen molar-refractivity contribution in [3.8, 4) is 6.07 Å². The number of nitrogens with zero attached hydrogens (tertiary/aromatic N) is 3. The molecular weight excluding hydrogens is 236 g/mol. The summed E-state index contributed by atoms with van der Waals surface area (Å²) in [6, 6.07) is 10.2. The van der Waals surface area contributed by atoms with Crippen LogP contribution in [0.3, 0.4) is 0 Å². The SMILES string of the molecule is Cc1ccc(NC(C#N)c2cnn(C(C)C)c2)cc1. The Morgan fingerprint density at radius 1 is 1.26 bits per heavy atom. The molecule has 0 aliphatic rings. The third-order valence-electron chi connectivity index (χ3n) is 2.98. The number of aromatic nitrogens is 2. The van der Waals surface area contributed by atoms with Crippen molar-refractivity contribution < 1.29 is 0 Å². The monoisotopic (exact) mass is 254 g/mol. The average Bonchev–Trinajstić information content (AvgIpc) is 2.88. The van der Waals surface area contributed by atoms with Gasteiger partial charge in [-0.1, -0.05) is 17.7 Å². The lowest BCUT2D eigenvalue weighted by atomic mass is 10.1. The highest BCUT2D eigenvalue weighted by Gasteiger charge is 2.13. The number of hydrogen-bond donors (Lipinski definition) is 1. The molecule has 98 valence electrons. The number of anilines is 1. The Bertz CT molecular complexity index is 575. The summed E-state index contributed by atoms with van der Waals surface area (Å²) in [7, 11) is 0. The topological polar surface area (TPSA) is 53.6 Å². The van der Waals surface area contributed by atoms with E-state index in [1.54, 1.807) is 6.20 Å². The normalized spacial score (nSPS) is 12.2. The summed E-state index contributed by atoms with van der Waals surface area (Å²) >= 11 is 0. The molecule has 1 atom stereocenters. The maximum atomic E-state index is 9.29. The smallest absolute Gasteiger partial charge is 0.143 e. The van der Waals surface area contributed by atoms with Gasteiger partial charge < -0.3 is 5.32 Å². The molecule has 0 spiro atoms. The first-order valence-electron chi connectivity index (χ1n) is 6.37. The van der Waals surface area contributed by atoms with Gasteiger partial charge in [0.2, 0.25) is 0 Å². The van der Waals surface area contributed by atoms with Gasteiger partial charge >= 0.3 is 0 Å². The van der Waals surface area contributed by atoms with Gasteiger partial charge in [-0.15, -0.1) is 0 Å². The second-order valence-corrected chi connectivity index (χ2v) is 4.92. The van der Waals surface area contributed by atoms with Crippen molar-refractivity contribution in [1.82, 2.24) is 9.78 Å². The molecule has 1 aromatic heterocycles.